The van der Waals surface area contributed by atoms with Crippen molar-refractivity contribution < 1.29 is 9.72 Å². The minimum Gasteiger partial charge on any atom is -0.350 e. The molecule has 1 fully saturated rings. The van der Waals surface area contributed by atoms with Crippen LogP contribution in [0.4, 0.5) is 5.69 Å². The van der Waals surface area contributed by atoms with Gasteiger partial charge in [-0.2, -0.15) is 0 Å². The van der Waals surface area contributed by atoms with E-state index in [1.165, 1.54) is 18.2 Å². The van der Waals surface area contributed by atoms with E-state index in [0.29, 0.717) is 12.5 Å². The maximum Gasteiger partial charge on any atom is 0.282 e. The highest BCUT2D eigenvalue weighted by molar-refractivity contribution is 6.31. The molecule has 0 spiro atoms. The molecule has 19 heavy (non-hydrogen) atoms. The molecule has 1 unspecified atom stereocenters. The van der Waals surface area contributed by atoms with Gasteiger partial charge in [-0.15, -0.1) is 0 Å². The van der Waals surface area contributed by atoms with Gasteiger partial charge in [0.2, 0.25) is 0 Å². The van der Waals surface area contributed by atoms with Crippen LogP contribution in [0, 0.1) is 16.0 Å². The molecule has 6 nitrogen and oxygen atoms in total. The van der Waals surface area contributed by atoms with Crippen LogP contribution in [-0.2, 0) is 0 Å². The van der Waals surface area contributed by atoms with Gasteiger partial charge in [-0.3, -0.25) is 14.9 Å². The Hall–Kier alpha value is -1.66. The zero-order chi connectivity index (χ0) is 14.0. The van der Waals surface area contributed by atoms with E-state index in [0.717, 1.165) is 12.8 Å². The lowest BCUT2D eigenvalue weighted by Crippen LogP contribution is -2.38. The van der Waals surface area contributed by atoms with Gasteiger partial charge in [0, 0.05) is 23.7 Å². The van der Waals surface area contributed by atoms with Gasteiger partial charge in [0.1, 0.15) is 5.56 Å². The standard InChI is InChI=1S/C12H14ClN3O3/c13-8-3-4-11(16(18)19)9(5-8)12(17)15-6-10(14)7-1-2-7/h3-5,7,10H,1-2,6,14H2,(H,15,17). The van der Waals surface area contributed by atoms with Crippen LogP contribution >= 0.6 is 11.6 Å². The predicted octanol–water partition coefficient (Wildman–Crippen LogP) is 1.72. The molecule has 1 aliphatic rings. The maximum absolute atomic E-state index is 11.9. The van der Waals surface area contributed by atoms with Crippen molar-refractivity contribution in [2.24, 2.45) is 11.7 Å². The van der Waals surface area contributed by atoms with Crippen molar-refractivity contribution in [2.45, 2.75) is 18.9 Å². The highest BCUT2D eigenvalue weighted by Crippen LogP contribution is 2.31. The summed E-state index contributed by atoms with van der Waals surface area (Å²) >= 11 is 5.76. The molecule has 1 atom stereocenters. The van der Waals surface area contributed by atoms with E-state index in [1.807, 2.05) is 0 Å². The number of hydrogen-bond donors (Lipinski definition) is 2. The number of nitro benzene ring substituents is 1. The Balaban J connectivity index is 2.08. The summed E-state index contributed by atoms with van der Waals surface area (Å²) in [5.74, 6) is -0.0695. The number of rotatable bonds is 5. The topological polar surface area (TPSA) is 98.3 Å². The number of halogens is 1. The van der Waals surface area contributed by atoms with E-state index < -0.39 is 10.8 Å². The molecule has 0 radical (unpaired) electrons. The van der Waals surface area contributed by atoms with E-state index in [9.17, 15) is 14.9 Å². The second kappa shape index (κ2) is 5.54. The molecule has 0 heterocycles. The van der Waals surface area contributed by atoms with Crippen LogP contribution in [0.1, 0.15) is 23.2 Å². The fraction of sp³-hybridized carbons (Fsp3) is 0.417. The zero-order valence-corrected chi connectivity index (χ0v) is 10.9. The number of nitrogens with two attached hydrogens (primary N) is 1. The minimum atomic E-state index is -0.605. The van der Waals surface area contributed by atoms with E-state index >= 15 is 0 Å². The second-order valence-corrected chi connectivity index (χ2v) is 5.07. The third kappa shape index (κ3) is 3.42. The minimum absolute atomic E-state index is 0.0412. The SMILES string of the molecule is NC(CNC(=O)c1cc(Cl)ccc1[N+](=O)[O-])C1CC1. The molecule has 2 rings (SSSR count). The van der Waals surface area contributed by atoms with Crippen molar-refractivity contribution in [3.63, 3.8) is 0 Å². The Morgan fingerprint density at radius 3 is 2.84 bits per heavy atom. The van der Waals surface area contributed by atoms with E-state index in [1.54, 1.807) is 0 Å². The van der Waals surface area contributed by atoms with Crippen LogP contribution in [0.25, 0.3) is 0 Å². The van der Waals surface area contributed by atoms with Crippen molar-refractivity contribution in [3.05, 3.63) is 38.9 Å². The summed E-state index contributed by atoms with van der Waals surface area (Å²) in [6, 6.07) is 3.80. The van der Waals surface area contributed by atoms with Crippen molar-refractivity contribution >= 4 is 23.2 Å². The molecule has 1 saturated carbocycles. The first-order valence-electron chi connectivity index (χ1n) is 5.96. The predicted molar refractivity (Wildman–Crippen MR) is 71.1 cm³/mol. The van der Waals surface area contributed by atoms with Gasteiger partial charge in [-0.1, -0.05) is 11.6 Å². The third-order valence-corrected chi connectivity index (χ3v) is 3.36. The summed E-state index contributed by atoms with van der Waals surface area (Å²) in [4.78, 5) is 22.2. The summed E-state index contributed by atoms with van der Waals surface area (Å²) in [7, 11) is 0. The fourth-order valence-corrected chi connectivity index (χ4v) is 2.02. The van der Waals surface area contributed by atoms with Crippen LogP contribution in [0.2, 0.25) is 5.02 Å². The summed E-state index contributed by atoms with van der Waals surface area (Å²) in [6.45, 7) is 0.313. The van der Waals surface area contributed by atoms with Crippen LogP contribution in [0.3, 0.4) is 0 Å². The lowest BCUT2D eigenvalue weighted by molar-refractivity contribution is -0.385. The van der Waals surface area contributed by atoms with Crippen molar-refractivity contribution in [1.82, 2.24) is 5.32 Å². The molecule has 0 aromatic heterocycles. The number of hydrogen-bond acceptors (Lipinski definition) is 4. The van der Waals surface area contributed by atoms with Crippen molar-refractivity contribution in [2.75, 3.05) is 6.54 Å². The highest BCUT2D eigenvalue weighted by atomic mass is 35.5. The Bertz CT molecular complexity index is 517. The van der Waals surface area contributed by atoms with E-state index in [2.05, 4.69) is 5.32 Å². The summed E-state index contributed by atoms with van der Waals surface area (Å²) in [5.41, 5.74) is 5.56. The number of nitro groups is 1. The van der Waals surface area contributed by atoms with Crippen molar-refractivity contribution in [3.8, 4) is 0 Å². The van der Waals surface area contributed by atoms with Gasteiger partial charge in [0.25, 0.3) is 11.6 Å². The van der Waals surface area contributed by atoms with Gasteiger partial charge in [0.05, 0.1) is 4.92 Å². The smallest absolute Gasteiger partial charge is 0.282 e. The van der Waals surface area contributed by atoms with E-state index in [-0.39, 0.29) is 22.3 Å². The summed E-state index contributed by atoms with van der Waals surface area (Å²) in [5, 5.41) is 13.7. The largest absolute Gasteiger partial charge is 0.350 e. The monoisotopic (exact) mass is 283 g/mol. The van der Waals surface area contributed by atoms with Crippen LogP contribution < -0.4 is 11.1 Å². The van der Waals surface area contributed by atoms with Crippen LogP contribution in [0.15, 0.2) is 18.2 Å². The molecular weight excluding hydrogens is 270 g/mol. The average Bonchev–Trinajstić information content (AvgIpc) is 3.19. The van der Waals surface area contributed by atoms with Gasteiger partial charge < -0.3 is 11.1 Å². The fourth-order valence-electron chi connectivity index (χ4n) is 1.85. The van der Waals surface area contributed by atoms with E-state index in [4.69, 9.17) is 17.3 Å². The maximum atomic E-state index is 11.9. The molecule has 0 saturated heterocycles. The normalized spacial score (nSPS) is 15.9. The average molecular weight is 284 g/mol. The number of amides is 1. The number of carbonyl (C=O) groups is 1. The molecule has 102 valence electrons. The molecule has 1 aromatic carbocycles. The Kier molecular flexibility index (Phi) is 4.01. The van der Waals surface area contributed by atoms with Gasteiger partial charge in [-0.25, -0.2) is 0 Å². The molecule has 0 bridgehead atoms. The molecule has 1 aliphatic carbocycles. The summed E-state index contributed by atoms with van der Waals surface area (Å²) in [6.07, 6.45) is 2.16. The number of benzene rings is 1. The number of carbonyl (C=O) groups excluding carboxylic acids is 1. The quantitative estimate of drug-likeness (QED) is 0.635. The number of nitrogens with one attached hydrogen (secondary N) is 1. The molecule has 3 N–H and O–H groups in total. The van der Waals surface area contributed by atoms with Gasteiger partial charge in [0.15, 0.2) is 0 Å². The number of nitrogens with zero attached hydrogens (tertiary/aromatic N) is 1. The van der Waals surface area contributed by atoms with Crippen molar-refractivity contribution in [1.29, 1.82) is 0 Å². The first kappa shape index (κ1) is 13.8. The third-order valence-electron chi connectivity index (χ3n) is 3.13. The Morgan fingerprint density at radius 1 is 1.58 bits per heavy atom. The first-order valence-corrected chi connectivity index (χ1v) is 6.34. The molecule has 7 heteroatoms. The lowest BCUT2D eigenvalue weighted by Gasteiger charge is -2.11. The summed E-state index contributed by atoms with van der Waals surface area (Å²) < 4.78 is 0. The first-order chi connectivity index (χ1) is 8.99. The second-order valence-electron chi connectivity index (χ2n) is 4.63. The van der Waals surface area contributed by atoms with Crippen LogP contribution in [0.5, 0.6) is 0 Å². The highest BCUT2D eigenvalue weighted by Gasteiger charge is 2.29. The molecular formula is C12H14ClN3O3. The zero-order valence-electron chi connectivity index (χ0n) is 10.1. The Labute approximate surface area is 115 Å². The van der Waals surface area contributed by atoms with Gasteiger partial charge in [-0.05, 0) is 30.9 Å². The van der Waals surface area contributed by atoms with Crippen LogP contribution in [-0.4, -0.2) is 23.4 Å². The molecule has 1 amide bonds. The lowest BCUT2D eigenvalue weighted by atomic mass is 10.1. The molecule has 1 aromatic rings. The Morgan fingerprint density at radius 2 is 2.26 bits per heavy atom. The van der Waals surface area contributed by atoms with Gasteiger partial charge >= 0.3 is 0 Å². The molecule has 0 aliphatic heterocycles.